The van der Waals surface area contributed by atoms with Gasteiger partial charge in [-0.15, -0.1) is 6.58 Å². The number of rotatable bonds is 7. The van der Waals surface area contributed by atoms with E-state index in [1.54, 1.807) is 24.3 Å². The number of Topliss-reactive ketones (excluding diaryl/α,β-unsaturated/α-hetero) is 1. The molecule has 0 fully saturated rings. The summed E-state index contributed by atoms with van der Waals surface area (Å²) in [7, 11) is 0. The Labute approximate surface area is 162 Å². The Bertz CT molecular complexity index is 967. The van der Waals surface area contributed by atoms with Crippen LogP contribution in [0.2, 0.25) is 0 Å². The van der Waals surface area contributed by atoms with E-state index in [9.17, 15) is 19.2 Å². The maximum absolute atomic E-state index is 12.4. The first-order valence-corrected chi connectivity index (χ1v) is 8.76. The number of benzene rings is 1. The number of imide groups is 1. The van der Waals surface area contributed by atoms with Crippen LogP contribution < -0.4 is 0 Å². The van der Waals surface area contributed by atoms with Gasteiger partial charge in [-0.2, -0.15) is 0 Å². The predicted octanol–water partition coefficient (Wildman–Crippen LogP) is 2.31. The maximum atomic E-state index is 12.4. The molecule has 1 aromatic carbocycles. The molecule has 2 aromatic rings. The van der Waals surface area contributed by atoms with Crippen molar-refractivity contribution in [1.29, 1.82) is 0 Å². The highest BCUT2D eigenvalue weighted by Gasteiger charge is 2.36. The van der Waals surface area contributed by atoms with Crippen molar-refractivity contribution in [3.05, 3.63) is 71.1 Å². The van der Waals surface area contributed by atoms with E-state index in [2.05, 4.69) is 6.58 Å². The average molecular weight is 380 g/mol. The van der Waals surface area contributed by atoms with Crippen LogP contribution in [0.25, 0.3) is 0 Å². The molecule has 0 spiro atoms. The van der Waals surface area contributed by atoms with Crippen LogP contribution in [0.3, 0.4) is 0 Å². The van der Waals surface area contributed by atoms with Crippen LogP contribution >= 0.6 is 0 Å². The molecule has 28 heavy (non-hydrogen) atoms. The van der Waals surface area contributed by atoms with Crippen LogP contribution in [-0.2, 0) is 16.1 Å². The van der Waals surface area contributed by atoms with Gasteiger partial charge in [0, 0.05) is 23.5 Å². The monoisotopic (exact) mass is 380 g/mol. The molecule has 0 aliphatic carbocycles. The summed E-state index contributed by atoms with van der Waals surface area (Å²) in [5.74, 6) is -2.25. The van der Waals surface area contributed by atoms with Crippen molar-refractivity contribution < 1.29 is 23.9 Å². The second kappa shape index (κ2) is 7.64. The minimum absolute atomic E-state index is 0.256. The lowest BCUT2D eigenvalue weighted by molar-refractivity contribution is -0.142. The molecule has 0 bridgehead atoms. The Hall–Kier alpha value is -3.48. The third-order valence-electron chi connectivity index (χ3n) is 4.72. The topological polar surface area (TPSA) is 85.7 Å². The third kappa shape index (κ3) is 3.38. The van der Waals surface area contributed by atoms with Crippen LogP contribution in [0, 0.1) is 13.8 Å². The number of allylic oxidation sites excluding steroid dienone is 1. The van der Waals surface area contributed by atoms with Gasteiger partial charge in [-0.25, -0.2) is 0 Å². The normalized spacial score (nSPS) is 12.9. The highest BCUT2D eigenvalue weighted by atomic mass is 16.5. The molecule has 2 amide bonds. The molecule has 0 radical (unpaired) electrons. The second-order valence-corrected chi connectivity index (χ2v) is 6.51. The zero-order chi connectivity index (χ0) is 20.4. The fourth-order valence-corrected chi connectivity index (χ4v) is 3.27. The summed E-state index contributed by atoms with van der Waals surface area (Å²) in [5.41, 5.74) is 2.64. The molecule has 7 nitrogen and oxygen atoms in total. The van der Waals surface area contributed by atoms with Gasteiger partial charge in [-0.3, -0.25) is 24.1 Å². The third-order valence-corrected chi connectivity index (χ3v) is 4.72. The van der Waals surface area contributed by atoms with Crippen molar-refractivity contribution in [2.75, 3.05) is 13.2 Å². The molecule has 0 saturated carbocycles. The molecule has 2 heterocycles. The van der Waals surface area contributed by atoms with Gasteiger partial charge in [0.1, 0.15) is 6.54 Å². The van der Waals surface area contributed by atoms with Gasteiger partial charge >= 0.3 is 5.97 Å². The molecular weight excluding hydrogens is 360 g/mol. The van der Waals surface area contributed by atoms with Gasteiger partial charge < -0.3 is 9.30 Å². The van der Waals surface area contributed by atoms with Crippen molar-refractivity contribution in [3.63, 3.8) is 0 Å². The average Bonchev–Trinajstić information content (AvgIpc) is 3.10. The molecule has 1 aliphatic heterocycles. The van der Waals surface area contributed by atoms with Gasteiger partial charge in [-0.05, 0) is 32.0 Å². The largest absolute Gasteiger partial charge is 0.456 e. The lowest BCUT2D eigenvalue weighted by Gasteiger charge is -2.12. The van der Waals surface area contributed by atoms with E-state index in [-0.39, 0.29) is 16.9 Å². The first kappa shape index (κ1) is 19.3. The van der Waals surface area contributed by atoms with Crippen molar-refractivity contribution in [2.24, 2.45) is 0 Å². The van der Waals surface area contributed by atoms with E-state index < -0.39 is 30.9 Å². The zero-order valence-corrected chi connectivity index (χ0v) is 15.7. The zero-order valence-electron chi connectivity index (χ0n) is 15.7. The number of fused-ring (bicyclic) bond motifs is 1. The van der Waals surface area contributed by atoms with Crippen LogP contribution in [0.15, 0.2) is 43.0 Å². The molecule has 0 saturated heterocycles. The van der Waals surface area contributed by atoms with Gasteiger partial charge in [0.2, 0.25) is 5.78 Å². The standard InChI is InChI=1S/C21H20N2O5/c1-4-9-22-13(2)10-17(14(22)3)18(24)12-28-19(25)11-23-20(26)15-7-5-6-8-16(15)21(23)27/h4-8,10H,1,9,11-12H2,2-3H3. The second-order valence-electron chi connectivity index (χ2n) is 6.51. The SMILES string of the molecule is C=CCn1c(C)cc(C(=O)COC(=O)CN2C(=O)c3ccccc3C2=O)c1C. The summed E-state index contributed by atoms with van der Waals surface area (Å²) in [5, 5.41) is 0. The number of esters is 1. The summed E-state index contributed by atoms with van der Waals surface area (Å²) >= 11 is 0. The fourth-order valence-electron chi connectivity index (χ4n) is 3.27. The number of ether oxygens (including phenoxy) is 1. The van der Waals surface area contributed by atoms with Crippen molar-refractivity contribution in [3.8, 4) is 0 Å². The van der Waals surface area contributed by atoms with E-state index in [1.807, 2.05) is 18.4 Å². The summed E-state index contributed by atoms with van der Waals surface area (Å²) in [6.45, 7) is 6.96. The van der Waals surface area contributed by atoms with Crippen molar-refractivity contribution in [2.45, 2.75) is 20.4 Å². The lowest BCUT2D eigenvalue weighted by Crippen LogP contribution is -2.36. The minimum atomic E-state index is -0.817. The van der Waals surface area contributed by atoms with Crippen LogP contribution in [0.4, 0.5) is 0 Å². The summed E-state index contributed by atoms with van der Waals surface area (Å²) < 4.78 is 6.95. The smallest absolute Gasteiger partial charge is 0.326 e. The highest BCUT2D eigenvalue weighted by Crippen LogP contribution is 2.22. The quantitative estimate of drug-likeness (QED) is 0.318. The van der Waals surface area contributed by atoms with Gasteiger partial charge in [0.15, 0.2) is 6.61 Å². The van der Waals surface area contributed by atoms with E-state index in [1.165, 1.54) is 12.1 Å². The Kier molecular flexibility index (Phi) is 5.26. The Morgan fingerprint density at radius 2 is 1.71 bits per heavy atom. The summed E-state index contributed by atoms with van der Waals surface area (Å²) in [6, 6.07) is 8.09. The number of carbonyl (C=O) groups excluding carboxylic acids is 4. The van der Waals surface area contributed by atoms with E-state index >= 15 is 0 Å². The molecule has 0 unspecified atom stereocenters. The first-order valence-electron chi connectivity index (χ1n) is 8.76. The van der Waals surface area contributed by atoms with Crippen molar-refractivity contribution in [1.82, 2.24) is 9.47 Å². The summed E-state index contributed by atoms with van der Waals surface area (Å²) in [6.07, 6.45) is 1.73. The Balaban J connectivity index is 1.62. The minimum Gasteiger partial charge on any atom is -0.456 e. The lowest BCUT2D eigenvalue weighted by atomic mass is 10.1. The number of carbonyl (C=O) groups is 4. The molecule has 1 aliphatic rings. The van der Waals surface area contributed by atoms with Crippen LogP contribution in [0.5, 0.6) is 0 Å². The van der Waals surface area contributed by atoms with Crippen LogP contribution in [0.1, 0.15) is 42.5 Å². The number of ketones is 1. The number of aryl methyl sites for hydroxylation is 1. The molecule has 144 valence electrons. The molecular formula is C21H20N2O5. The van der Waals surface area contributed by atoms with Gasteiger partial charge in [-0.1, -0.05) is 18.2 Å². The molecule has 0 N–H and O–H groups in total. The number of amides is 2. The molecule has 0 atom stereocenters. The highest BCUT2D eigenvalue weighted by molar-refractivity contribution is 6.22. The number of nitrogens with zero attached hydrogens (tertiary/aromatic N) is 2. The maximum Gasteiger partial charge on any atom is 0.326 e. The molecule has 1 aromatic heterocycles. The van der Waals surface area contributed by atoms with E-state index in [0.717, 1.165) is 16.3 Å². The Morgan fingerprint density at radius 1 is 1.11 bits per heavy atom. The fraction of sp³-hybridized carbons (Fsp3) is 0.238. The number of aromatic nitrogens is 1. The molecule has 7 heteroatoms. The van der Waals surface area contributed by atoms with E-state index in [0.29, 0.717) is 12.1 Å². The Morgan fingerprint density at radius 3 is 2.29 bits per heavy atom. The number of hydrogen-bond acceptors (Lipinski definition) is 5. The van der Waals surface area contributed by atoms with Gasteiger partial charge in [0.05, 0.1) is 11.1 Å². The van der Waals surface area contributed by atoms with E-state index in [4.69, 9.17) is 4.74 Å². The van der Waals surface area contributed by atoms with Crippen LogP contribution in [-0.4, -0.2) is 46.2 Å². The number of hydrogen-bond donors (Lipinski definition) is 0. The molecule has 3 rings (SSSR count). The van der Waals surface area contributed by atoms with Crippen molar-refractivity contribution >= 4 is 23.6 Å². The predicted molar refractivity (Wildman–Crippen MR) is 101 cm³/mol. The first-order chi connectivity index (χ1) is 13.3. The van der Waals surface area contributed by atoms with Gasteiger partial charge in [0.25, 0.3) is 11.8 Å². The summed E-state index contributed by atoms with van der Waals surface area (Å²) in [4.78, 5) is 49.9.